The number of amides is 1. The molecule has 1 fully saturated rings. The van der Waals surface area contributed by atoms with Gasteiger partial charge >= 0.3 is 0 Å². The lowest BCUT2D eigenvalue weighted by atomic mass is 10.2. The number of carbonyl (C=O) groups excluding carboxylic acids is 1. The predicted octanol–water partition coefficient (Wildman–Crippen LogP) is 3.69. The fraction of sp³-hybridized carbons (Fsp3) is 0.333. The Morgan fingerprint density at radius 1 is 1.28 bits per heavy atom. The molecule has 5 rings (SSSR count). The number of imidazole rings is 1. The van der Waals surface area contributed by atoms with Crippen molar-refractivity contribution in [1.82, 2.24) is 9.55 Å². The molecule has 1 amide bonds. The van der Waals surface area contributed by atoms with E-state index in [1.807, 2.05) is 16.7 Å². The molecule has 0 spiro atoms. The normalized spacial score (nSPS) is 15.1. The summed E-state index contributed by atoms with van der Waals surface area (Å²) in [6.45, 7) is 2.24. The van der Waals surface area contributed by atoms with Crippen molar-refractivity contribution in [2.24, 2.45) is 11.7 Å². The number of ether oxygens (including phenoxy) is 1. The van der Waals surface area contributed by atoms with Crippen LogP contribution in [-0.4, -0.2) is 29.1 Å². The lowest BCUT2D eigenvalue weighted by molar-refractivity contribution is -0.106. The van der Waals surface area contributed by atoms with Gasteiger partial charge in [0.05, 0.1) is 17.7 Å². The van der Waals surface area contributed by atoms with Gasteiger partial charge in [-0.15, -0.1) is 0 Å². The average Bonchev–Trinajstić information content (AvgIpc) is 3.47. The minimum absolute atomic E-state index is 0.250. The molecule has 2 heterocycles. The third kappa shape index (κ3) is 4.01. The fourth-order valence-electron chi connectivity index (χ4n) is 3.53. The van der Waals surface area contributed by atoms with Crippen LogP contribution in [-0.2, 0) is 11.3 Å². The van der Waals surface area contributed by atoms with Crippen LogP contribution in [0.2, 0.25) is 0 Å². The topological polar surface area (TPSA) is 82.2 Å². The first-order valence-corrected chi connectivity index (χ1v) is 9.62. The summed E-state index contributed by atoms with van der Waals surface area (Å²) in [5, 5.41) is 3.45. The number of halogens is 2. The maximum atomic E-state index is 14.4. The number of anilines is 1. The molecule has 0 atom stereocenters. The van der Waals surface area contributed by atoms with E-state index in [9.17, 15) is 8.78 Å². The van der Waals surface area contributed by atoms with Crippen molar-refractivity contribution in [1.29, 1.82) is 0 Å². The van der Waals surface area contributed by atoms with Gasteiger partial charge in [0.25, 0.3) is 0 Å². The molecule has 0 radical (unpaired) electrons. The summed E-state index contributed by atoms with van der Waals surface area (Å²) in [5.74, 6) is 0.847. The second-order valence-corrected chi connectivity index (χ2v) is 7.22. The molecule has 8 heteroatoms. The van der Waals surface area contributed by atoms with Gasteiger partial charge in [0.1, 0.15) is 28.7 Å². The summed E-state index contributed by atoms with van der Waals surface area (Å²) in [6.07, 6.45) is 3.61. The smallest absolute Gasteiger partial charge is 0.204 e. The minimum Gasteiger partial charge on any atom is -0.491 e. The van der Waals surface area contributed by atoms with Gasteiger partial charge in [0.2, 0.25) is 6.41 Å². The Balaban J connectivity index is 0.000000645. The molecule has 1 saturated carbocycles. The molecule has 2 aliphatic rings. The molecule has 3 aromatic rings. The number of nitrogens with two attached hydrogens (primary N) is 1. The highest BCUT2D eigenvalue weighted by molar-refractivity contribution is 5.89. The van der Waals surface area contributed by atoms with Crippen molar-refractivity contribution in [2.75, 3.05) is 18.5 Å². The Bertz CT molecular complexity index is 1050. The highest BCUT2D eigenvalue weighted by Crippen LogP contribution is 2.37. The zero-order chi connectivity index (χ0) is 20.4. The number of nitrogens with zero attached hydrogens (tertiary/aromatic N) is 2. The zero-order valence-corrected chi connectivity index (χ0v) is 15.8. The summed E-state index contributed by atoms with van der Waals surface area (Å²) in [6, 6.07) is 7.60. The molecule has 3 N–H and O–H groups in total. The minimum atomic E-state index is -0.602. The van der Waals surface area contributed by atoms with Gasteiger partial charge in [-0.1, -0.05) is 0 Å². The number of carbonyl (C=O) groups is 1. The van der Waals surface area contributed by atoms with Gasteiger partial charge in [-0.2, -0.15) is 0 Å². The van der Waals surface area contributed by atoms with Gasteiger partial charge in [-0.05, 0) is 43.4 Å². The van der Waals surface area contributed by atoms with E-state index in [1.54, 1.807) is 0 Å². The second-order valence-electron chi connectivity index (χ2n) is 7.22. The highest BCUT2D eigenvalue weighted by atomic mass is 19.1. The van der Waals surface area contributed by atoms with Crippen LogP contribution in [0.3, 0.4) is 0 Å². The predicted molar refractivity (Wildman–Crippen MR) is 107 cm³/mol. The molecule has 0 saturated heterocycles. The Labute approximate surface area is 166 Å². The molecule has 1 aliphatic heterocycles. The van der Waals surface area contributed by atoms with Crippen molar-refractivity contribution in [3.63, 3.8) is 0 Å². The standard InChI is InChI=1S/C20H19F2N3O.CH3NO/c21-13-4-5-15(16(22)8-13)20-24-17-9-14(23-11-12-2-3-12)10-18-19(17)25(20)6-1-7-26-18;2-1-3/h4-5,8-10,12,23H,1-3,6-7,11H2;1H,(H2,2,3). The monoisotopic (exact) mass is 400 g/mol. The molecule has 6 nitrogen and oxygen atoms in total. The number of aromatic nitrogens is 2. The van der Waals surface area contributed by atoms with Crippen LogP contribution in [0.4, 0.5) is 14.5 Å². The van der Waals surface area contributed by atoms with Gasteiger partial charge in [-0.25, -0.2) is 13.8 Å². The number of benzene rings is 2. The number of rotatable bonds is 4. The first-order valence-electron chi connectivity index (χ1n) is 9.62. The van der Waals surface area contributed by atoms with E-state index in [0.717, 1.165) is 47.4 Å². The van der Waals surface area contributed by atoms with E-state index in [2.05, 4.69) is 16.0 Å². The second kappa shape index (κ2) is 8.06. The molecule has 0 bridgehead atoms. The average molecular weight is 400 g/mol. The van der Waals surface area contributed by atoms with Crippen molar-refractivity contribution < 1.29 is 18.3 Å². The van der Waals surface area contributed by atoms with Gasteiger partial charge in [0, 0.05) is 30.9 Å². The molecule has 152 valence electrons. The fourth-order valence-corrected chi connectivity index (χ4v) is 3.53. The van der Waals surface area contributed by atoms with E-state index >= 15 is 0 Å². The molecule has 1 aliphatic carbocycles. The number of nitrogens with one attached hydrogen (secondary N) is 1. The highest BCUT2D eigenvalue weighted by Gasteiger charge is 2.23. The van der Waals surface area contributed by atoms with Crippen molar-refractivity contribution in [3.8, 4) is 17.1 Å². The molecule has 29 heavy (non-hydrogen) atoms. The van der Waals surface area contributed by atoms with Crippen LogP contribution >= 0.6 is 0 Å². The van der Waals surface area contributed by atoms with E-state index in [1.165, 1.54) is 25.0 Å². The Hall–Kier alpha value is -3.16. The zero-order valence-electron chi connectivity index (χ0n) is 15.8. The summed E-state index contributed by atoms with van der Waals surface area (Å²) >= 11 is 0. The van der Waals surface area contributed by atoms with Crippen LogP contribution < -0.4 is 15.8 Å². The van der Waals surface area contributed by atoms with Crippen LogP contribution in [0, 0.1) is 17.6 Å². The maximum absolute atomic E-state index is 14.4. The third-order valence-corrected chi connectivity index (χ3v) is 5.05. The number of primary amides is 1. The SMILES string of the molecule is Fc1ccc(-c2nc3cc(NCC4CC4)cc4c3n2CCCO4)c(F)c1.NC=O. The van der Waals surface area contributed by atoms with Crippen LogP contribution in [0.15, 0.2) is 30.3 Å². The first kappa shape index (κ1) is 19.2. The largest absolute Gasteiger partial charge is 0.491 e. The number of hydrogen-bond acceptors (Lipinski definition) is 4. The van der Waals surface area contributed by atoms with Crippen LogP contribution in [0.5, 0.6) is 5.75 Å². The first-order chi connectivity index (χ1) is 14.1. The van der Waals surface area contributed by atoms with Gasteiger partial charge in [0.15, 0.2) is 0 Å². The summed E-state index contributed by atoms with van der Waals surface area (Å²) in [7, 11) is 0. The number of aryl methyl sites for hydroxylation is 1. The van der Waals surface area contributed by atoms with Gasteiger partial charge < -0.3 is 20.4 Å². The Morgan fingerprint density at radius 3 is 2.79 bits per heavy atom. The number of hydrogen-bond donors (Lipinski definition) is 2. The van der Waals surface area contributed by atoms with E-state index in [-0.39, 0.29) is 6.41 Å². The van der Waals surface area contributed by atoms with Crippen LogP contribution in [0.1, 0.15) is 19.3 Å². The quantitative estimate of drug-likeness (QED) is 0.655. The molecule has 0 unspecified atom stereocenters. The van der Waals surface area contributed by atoms with Gasteiger partial charge in [-0.3, -0.25) is 4.79 Å². The summed E-state index contributed by atoms with van der Waals surface area (Å²) in [4.78, 5) is 13.3. The van der Waals surface area contributed by atoms with Crippen molar-refractivity contribution in [2.45, 2.75) is 25.8 Å². The third-order valence-electron chi connectivity index (χ3n) is 5.05. The molecular weight excluding hydrogens is 378 g/mol. The summed E-state index contributed by atoms with van der Waals surface area (Å²) in [5.41, 5.74) is 7.08. The summed E-state index contributed by atoms with van der Waals surface area (Å²) < 4.78 is 35.6. The maximum Gasteiger partial charge on any atom is 0.204 e. The molecular formula is C21H22F2N4O2. The lowest BCUT2D eigenvalue weighted by Gasteiger charge is -2.10. The van der Waals surface area contributed by atoms with Crippen molar-refractivity contribution in [3.05, 3.63) is 42.0 Å². The molecule has 2 aromatic carbocycles. The van der Waals surface area contributed by atoms with Crippen LogP contribution in [0.25, 0.3) is 22.4 Å². The van der Waals surface area contributed by atoms with E-state index < -0.39 is 11.6 Å². The van der Waals surface area contributed by atoms with E-state index in [0.29, 0.717) is 24.5 Å². The van der Waals surface area contributed by atoms with Crippen molar-refractivity contribution >= 4 is 23.1 Å². The Kier molecular flexibility index (Phi) is 5.33. The Morgan fingerprint density at radius 2 is 2.07 bits per heavy atom. The lowest BCUT2D eigenvalue weighted by Crippen LogP contribution is -2.03. The van der Waals surface area contributed by atoms with E-state index in [4.69, 9.17) is 9.53 Å². The molecule has 1 aromatic heterocycles.